The molecule has 0 aliphatic rings. The van der Waals surface area contributed by atoms with Crippen molar-refractivity contribution in [3.8, 4) is 0 Å². The van der Waals surface area contributed by atoms with Crippen LogP contribution < -0.4 is 0 Å². The van der Waals surface area contributed by atoms with Crippen LogP contribution >= 0.6 is 15.9 Å². The average Bonchev–Trinajstić information content (AvgIpc) is 2.32. The highest BCUT2D eigenvalue weighted by Crippen LogP contribution is 2.33. The monoisotopic (exact) mass is 312 g/mol. The second-order valence-electron chi connectivity index (χ2n) is 4.18. The summed E-state index contributed by atoms with van der Waals surface area (Å²) in [6, 6.07) is 10.2. The molecule has 0 radical (unpaired) electrons. The number of aliphatic hydroxyl groups is 1. The quantitative estimate of drug-likeness (QED) is 0.889. The van der Waals surface area contributed by atoms with Crippen LogP contribution in [-0.2, 0) is 5.60 Å². The Hall–Kier alpha value is -1.26. The SMILES string of the molecule is CC(O)(c1cccc(F)c1)c1cccc(Br)c1F. The Morgan fingerprint density at radius 3 is 2.44 bits per heavy atom. The fourth-order valence-electron chi connectivity index (χ4n) is 1.83. The number of benzene rings is 2. The van der Waals surface area contributed by atoms with E-state index in [1.54, 1.807) is 18.2 Å². The molecule has 0 saturated carbocycles. The molecule has 2 aromatic rings. The van der Waals surface area contributed by atoms with Gasteiger partial charge < -0.3 is 5.11 Å². The molecular formula is C14H11BrF2O. The highest BCUT2D eigenvalue weighted by Gasteiger charge is 2.29. The lowest BCUT2D eigenvalue weighted by Gasteiger charge is -2.25. The van der Waals surface area contributed by atoms with Crippen molar-refractivity contribution < 1.29 is 13.9 Å². The van der Waals surface area contributed by atoms with Gasteiger partial charge in [0.1, 0.15) is 17.2 Å². The third-order valence-corrected chi connectivity index (χ3v) is 3.48. The van der Waals surface area contributed by atoms with E-state index in [9.17, 15) is 13.9 Å². The Labute approximate surface area is 112 Å². The summed E-state index contributed by atoms with van der Waals surface area (Å²) in [7, 11) is 0. The van der Waals surface area contributed by atoms with Gasteiger partial charge in [-0.1, -0.05) is 24.3 Å². The standard InChI is InChI=1S/C14H11BrF2O/c1-14(18,9-4-2-5-10(16)8-9)11-6-3-7-12(15)13(11)17/h2-8,18H,1H3. The Kier molecular flexibility index (Phi) is 3.50. The lowest BCUT2D eigenvalue weighted by molar-refractivity contribution is 0.0974. The summed E-state index contributed by atoms with van der Waals surface area (Å²) in [6.07, 6.45) is 0. The van der Waals surface area contributed by atoms with Crippen LogP contribution in [0, 0.1) is 11.6 Å². The molecule has 1 unspecified atom stereocenters. The maximum absolute atomic E-state index is 14.0. The Balaban J connectivity index is 2.57. The molecule has 0 spiro atoms. The Morgan fingerprint density at radius 1 is 1.11 bits per heavy atom. The van der Waals surface area contributed by atoms with E-state index >= 15 is 0 Å². The minimum absolute atomic E-state index is 0.0995. The van der Waals surface area contributed by atoms with E-state index in [1.807, 2.05) is 0 Å². The summed E-state index contributed by atoms with van der Waals surface area (Å²) in [5, 5.41) is 10.5. The van der Waals surface area contributed by atoms with Gasteiger partial charge >= 0.3 is 0 Å². The normalized spacial score (nSPS) is 14.3. The first-order chi connectivity index (χ1) is 8.43. The van der Waals surface area contributed by atoms with Crippen LogP contribution in [0.3, 0.4) is 0 Å². The number of hydrogen-bond donors (Lipinski definition) is 1. The lowest BCUT2D eigenvalue weighted by atomic mass is 9.88. The fraction of sp³-hybridized carbons (Fsp3) is 0.143. The van der Waals surface area contributed by atoms with E-state index in [0.29, 0.717) is 5.56 Å². The van der Waals surface area contributed by atoms with Gasteiger partial charge in [0.05, 0.1) is 4.47 Å². The van der Waals surface area contributed by atoms with E-state index < -0.39 is 17.2 Å². The van der Waals surface area contributed by atoms with Crippen molar-refractivity contribution >= 4 is 15.9 Å². The molecule has 0 fully saturated rings. The van der Waals surface area contributed by atoms with Crippen LogP contribution in [0.25, 0.3) is 0 Å². The Bertz CT molecular complexity index is 582. The topological polar surface area (TPSA) is 20.2 Å². The van der Waals surface area contributed by atoms with E-state index in [2.05, 4.69) is 15.9 Å². The minimum Gasteiger partial charge on any atom is -0.381 e. The number of hydrogen-bond acceptors (Lipinski definition) is 1. The predicted molar refractivity (Wildman–Crippen MR) is 69.2 cm³/mol. The van der Waals surface area contributed by atoms with E-state index in [-0.39, 0.29) is 10.0 Å². The van der Waals surface area contributed by atoms with Crippen molar-refractivity contribution in [3.05, 3.63) is 69.7 Å². The third kappa shape index (κ3) is 2.31. The first-order valence-corrected chi connectivity index (χ1v) is 6.15. The van der Waals surface area contributed by atoms with Crippen LogP contribution in [0.2, 0.25) is 0 Å². The summed E-state index contributed by atoms with van der Waals surface area (Å²) < 4.78 is 27.4. The zero-order valence-electron chi connectivity index (χ0n) is 9.62. The molecule has 0 saturated heterocycles. The molecular weight excluding hydrogens is 302 g/mol. The molecule has 0 amide bonds. The summed E-state index contributed by atoms with van der Waals surface area (Å²) in [5.41, 5.74) is -1.18. The first-order valence-electron chi connectivity index (χ1n) is 5.36. The van der Waals surface area contributed by atoms with Gasteiger partial charge in [-0.3, -0.25) is 0 Å². The van der Waals surface area contributed by atoms with Crippen molar-refractivity contribution in [3.63, 3.8) is 0 Å². The fourth-order valence-corrected chi connectivity index (χ4v) is 2.19. The van der Waals surface area contributed by atoms with Gasteiger partial charge in [-0.05, 0) is 46.6 Å². The molecule has 1 nitrogen and oxygen atoms in total. The zero-order chi connectivity index (χ0) is 13.3. The van der Waals surface area contributed by atoms with Gasteiger partial charge in [-0.25, -0.2) is 8.78 Å². The molecule has 0 aliphatic carbocycles. The number of halogens is 3. The summed E-state index contributed by atoms with van der Waals surface area (Å²) >= 11 is 3.07. The van der Waals surface area contributed by atoms with Crippen molar-refractivity contribution in [2.75, 3.05) is 0 Å². The summed E-state index contributed by atoms with van der Waals surface area (Å²) in [5.74, 6) is -1.02. The van der Waals surface area contributed by atoms with Crippen molar-refractivity contribution in [2.45, 2.75) is 12.5 Å². The van der Waals surface area contributed by atoms with Crippen LogP contribution in [-0.4, -0.2) is 5.11 Å². The predicted octanol–water partition coefficient (Wildman–Crippen LogP) is 3.98. The molecule has 2 rings (SSSR count). The Morgan fingerprint density at radius 2 is 1.78 bits per heavy atom. The van der Waals surface area contributed by atoms with E-state index in [0.717, 1.165) is 0 Å². The average molecular weight is 313 g/mol. The van der Waals surface area contributed by atoms with Crippen molar-refractivity contribution in [1.29, 1.82) is 0 Å². The third-order valence-electron chi connectivity index (χ3n) is 2.86. The van der Waals surface area contributed by atoms with Crippen molar-refractivity contribution in [2.24, 2.45) is 0 Å². The van der Waals surface area contributed by atoms with Crippen LogP contribution in [0.4, 0.5) is 8.78 Å². The molecule has 0 aliphatic heterocycles. The van der Waals surface area contributed by atoms with Crippen LogP contribution in [0.5, 0.6) is 0 Å². The molecule has 1 N–H and O–H groups in total. The van der Waals surface area contributed by atoms with Gasteiger partial charge in [-0.2, -0.15) is 0 Å². The molecule has 2 aromatic carbocycles. The zero-order valence-corrected chi connectivity index (χ0v) is 11.2. The van der Waals surface area contributed by atoms with Crippen LogP contribution in [0.15, 0.2) is 46.9 Å². The second-order valence-corrected chi connectivity index (χ2v) is 5.04. The van der Waals surface area contributed by atoms with Crippen LogP contribution in [0.1, 0.15) is 18.1 Å². The highest BCUT2D eigenvalue weighted by atomic mass is 79.9. The molecule has 0 heterocycles. The molecule has 4 heteroatoms. The molecule has 0 bridgehead atoms. The summed E-state index contributed by atoms with van der Waals surface area (Å²) in [6.45, 7) is 1.44. The number of rotatable bonds is 2. The molecule has 0 aromatic heterocycles. The highest BCUT2D eigenvalue weighted by molar-refractivity contribution is 9.10. The van der Waals surface area contributed by atoms with Gasteiger partial charge in [0.15, 0.2) is 0 Å². The van der Waals surface area contributed by atoms with E-state index in [4.69, 9.17) is 0 Å². The maximum Gasteiger partial charge on any atom is 0.143 e. The largest absolute Gasteiger partial charge is 0.381 e. The molecule has 94 valence electrons. The van der Waals surface area contributed by atoms with Gasteiger partial charge in [0.2, 0.25) is 0 Å². The van der Waals surface area contributed by atoms with E-state index in [1.165, 1.54) is 31.2 Å². The maximum atomic E-state index is 14.0. The smallest absolute Gasteiger partial charge is 0.143 e. The second kappa shape index (κ2) is 4.78. The summed E-state index contributed by atoms with van der Waals surface area (Å²) in [4.78, 5) is 0. The van der Waals surface area contributed by atoms with Crippen molar-refractivity contribution in [1.82, 2.24) is 0 Å². The molecule has 1 atom stereocenters. The van der Waals surface area contributed by atoms with Gasteiger partial charge in [-0.15, -0.1) is 0 Å². The minimum atomic E-state index is -1.59. The lowest BCUT2D eigenvalue weighted by Crippen LogP contribution is -2.24. The molecule has 18 heavy (non-hydrogen) atoms. The van der Waals surface area contributed by atoms with Gasteiger partial charge in [0.25, 0.3) is 0 Å². The first kappa shape index (κ1) is 13.2. The van der Waals surface area contributed by atoms with Gasteiger partial charge in [0, 0.05) is 5.56 Å².